The van der Waals surface area contributed by atoms with Gasteiger partial charge in [-0.3, -0.25) is 4.79 Å². The van der Waals surface area contributed by atoms with E-state index in [1.807, 2.05) is 13.8 Å². The fourth-order valence-electron chi connectivity index (χ4n) is 1.19. The normalized spacial score (nSPS) is 12.1. The molecule has 0 radical (unpaired) electrons. The van der Waals surface area contributed by atoms with E-state index in [0.717, 1.165) is 5.56 Å². The van der Waals surface area contributed by atoms with Gasteiger partial charge in [0.05, 0.1) is 0 Å². The number of hydrogen-bond acceptors (Lipinski definition) is 5. The maximum absolute atomic E-state index is 10.7. The number of carbonyl (C=O) groups excluding carboxylic acids is 1. The van der Waals surface area contributed by atoms with Gasteiger partial charge < -0.3 is 16.8 Å². The molecular formula is C9H15N5O. The zero-order chi connectivity index (χ0) is 11.4. The molecule has 1 atom stereocenters. The molecule has 5 N–H and O–H groups in total. The Labute approximate surface area is 88.1 Å². The van der Waals surface area contributed by atoms with Crippen molar-refractivity contribution in [3.8, 4) is 0 Å². The van der Waals surface area contributed by atoms with Gasteiger partial charge in [0.15, 0.2) is 0 Å². The average molecular weight is 209 g/mol. The number of amides is 1. The van der Waals surface area contributed by atoms with Crippen molar-refractivity contribution >= 4 is 17.7 Å². The fourth-order valence-corrected chi connectivity index (χ4v) is 1.19. The van der Waals surface area contributed by atoms with E-state index < -0.39 is 0 Å². The van der Waals surface area contributed by atoms with Crippen molar-refractivity contribution in [2.75, 3.05) is 11.1 Å². The van der Waals surface area contributed by atoms with Crippen molar-refractivity contribution in [2.24, 2.45) is 5.73 Å². The summed E-state index contributed by atoms with van der Waals surface area (Å²) in [5, 5.41) is 3.05. The van der Waals surface area contributed by atoms with E-state index in [4.69, 9.17) is 11.5 Å². The van der Waals surface area contributed by atoms with Crippen LogP contribution in [0.15, 0.2) is 6.20 Å². The number of nitrogens with zero attached hydrogens (tertiary/aromatic N) is 2. The van der Waals surface area contributed by atoms with Crippen LogP contribution in [-0.2, 0) is 4.79 Å². The Morgan fingerprint density at radius 3 is 2.93 bits per heavy atom. The third-order valence-corrected chi connectivity index (χ3v) is 1.88. The lowest BCUT2D eigenvalue weighted by Gasteiger charge is -2.14. The third kappa shape index (κ3) is 3.41. The van der Waals surface area contributed by atoms with E-state index in [1.54, 1.807) is 6.20 Å². The van der Waals surface area contributed by atoms with E-state index in [2.05, 4.69) is 15.3 Å². The molecule has 6 nitrogen and oxygen atoms in total. The van der Waals surface area contributed by atoms with Crippen LogP contribution in [0.2, 0.25) is 0 Å². The summed E-state index contributed by atoms with van der Waals surface area (Å²) < 4.78 is 0. The average Bonchev–Trinajstić information content (AvgIpc) is 2.10. The highest BCUT2D eigenvalue weighted by molar-refractivity contribution is 5.74. The van der Waals surface area contributed by atoms with Gasteiger partial charge in [-0.1, -0.05) is 0 Å². The van der Waals surface area contributed by atoms with Gasteiger partial charge >= 0.3 is 0 Å². The van der Waals surface area contributed by atoms with E-state index >= 15 is 0 Å². The van der Waals surface area contributed by atoms with Crippen molar-refractivity contribution in [1.82, 2.24) is 9.97 Å². The van der Waals surface area contributed by atoms with Crippen molar-refractivity contribution in [2.45, 2.75) is 26.3 Å². The van der Waals surface area contributed by atoms with Gasteiger partial charge in [-0.15, -0.1) is 0 Å². The number of aryl methyl sites for hydroxylation is 1. The lowest BCUT2D eigenvalue weighted by Crippen LogP contribution is -2.25. The quantitative estimate of drug-likeness (QED) is 0.649. The summed E-state index contributed by atoms with van der Waals surface area (Å²) in [6.45, 7) is 3.71. The van der Waals surface area contributed by atoms with Crippen LogP contribution in [-0.4, -0.2) is 21.9 Å². The summed E-state index contributed by atoms with van der Waals surface area (Å²) in [5.74, 6) is 0.486. The minimum atomic E-state index is -0.352. The number of anilines is 2. The first-order chi connectivity index (χ1) is 6.99. The first-order valence-corrected chi connectivity index (χ1v) is 4.63. The molecule has 0 aromatic carbocycles. The summed E-state index contributed by atoms with van der Waals surface area (Å²) in [4.78, 5) is 18.5. The van der Waals surface area contributed by atoms with E-state index in [-0.39, 0.29) is 24.3 Å². The second kappa shape index (κ2) is 4.59. The number of nitrogens with two attached hydrogens (primary N) is 2. The largest absolute Gasteiger partial charge is 0.370 e. The molecule has 0 spiro atoms. The lowest BCUT2D eigenvalue weighted by atomic mass is 10.2. The summed E-state index contributed by atoms with van der Waals surface area (Å²) in [6.07, 6.45) is 1.88. The molecule has 15 heavy (non-hydrogen) atoms. The molecule has 0 aliphatic heterocycles. The molecule has 1 aromatic heterocycles. The highest BCUT2D eigenvalue weighted by Crippen LogP contribution is 2.12. The van der Waals surface area contributed by atoms with Crippen LogP contribution in [0.3, 0.4) is 0 Å². The number of aromatic nitrogens is 2. The summed E-state index contributed by atoms with van der Waals surface area (Å²) in [6, 6.07) is -0.0736. The number of nitrogens with one attached hydrogen (secondary N) is 1. The SMILES string of the molecule is Cc1cnc(N)nc1NC(C)CC(N)=O. The van der Waals surface area contributed by atoms with Crippen molar-refractivity contribution in [1.29, 1.82) is 0 Å². The second-order valence-corrected chi connectivity index (χ2v) is 3.48. The molecule has 0 aliphatic rings. The first-order valence-electron chi connectivity index (χ1n) is 4.63. The van der Waals surface area contributed by atoms with Crippen LogP contribution in [0.25, 0.3) is 0 Å². The first kappa shape index (κ1) is 11.2. The molecule has 0 bridgehead atoms. The molecule has 0 aliphatic carbocycles. The molecule has 1 amide bonds. The summed E-state index contributed by atoms with van der Waals surface area (Å²) >= 11 is 0. The molecule has 1 heterocycles. The predicted molar refractivity (Wildman–Crippen MR) is 58.1 cm³/mol. The zero-order valence-electron chi connectivity index (χ0n) is 8.82. The highest BCUT2D eigenvalue weighted by Gasteiger charge is 2.08. The standard InChI is InChI=1S/C9H15N5O/c1-5-4-12-9(11)14-8(5)13-6(2)3-7(10)15/h4,6H,3H2,1-2H3,(H2,10,15)(H3,11,12,13,14). The van der Waals surface area contributed by atoms with Crippen LogP contribution in [0.1, 0.15) is 18.9 Å². The van der Waals surface area contributed by atoms with Crippen molar-refractivity contribution in [3.05, 3.63) is 11.8 Å². The summed E-state index contributed by atoms with van der Waals surface area (Å²) in [7, 11) is 0. The smallest absolute Gasteiger partial charge is 0.221 e. The number of hydrogen-bond donors (Lipinski definition) is 3. The minimum absolute atomic E-state index is 0.0736. The predicted octanol–water partition coefficient (Wildman–Crippen LogP) is 0.0430. The van der Waals surface area contributed by atoms with Gasteiger partial charge in [0.1, 0.15) is 5.82 Å². The Hall–Kier alpha value is -1.85. The minimum Gasteiger partial charge on any atom is -0.370 e. The van der Waals surface area contributed by atoms with Crippen LogP contribution in [0.5, 0.6) is 0 Å². The Morgan fingerprint density at radius 2 is 2.33 bits per heavy atom. The Morgan fingerprint density at radius 1 is 1.67 bits per heavy atom. The van der Waals surface area contributed by atoms with Gasteiger partial charge in [-0.2, -0.15) is 4.98 Å². The Kier molecular flexibility index (Phi) is 3.43. The third-order valence-electron chi connectivity index (χ3n) is 1.88. The Balaban J connectivity index is 2.71. The number of rotatable bonds is 4. The van der Waals surface area contributed by atoms with Crippen LogP contribution in [0.4, 0.5) is 11.8 Å². The molecule has 82 valence electrons. The van der Waals surface area contributed by atoms with Gasteiger partial charge in [0, 0.05) is 24.2 Å². The maximum atomic E-state index is 10.7. The van der Waals surface area contributed by atoms with Gasteiger partial charge in [-0.25, -0.2) is 4.98 Å². The van der Waals surface area contributed by atoms with Gasteiger partial charge in [-0.05, 0) is 13.8 Å². The molecule has 1 aromatic rings. The van der Waals surface area contributed by atoms with Gasteiger partial charge in [0.2, 0.25) is 11.9 Å². The van der Waals surface area contributed by atoms with Crippen LogP contribution < -0.4 is 16.8 Å². The fraction of sp³-hybridized carbons (Fsp3) is 0.444. The van der Waals surface area contributed by atoms with E-state index in [9.17, 15) is 4.79 Å². The van der Waals surface area contributed by atoms with Gasteiger partial charge in [0.25, 0.3) is 0 Å². The molecule has 6 heteroatoms. The molecule has 0 saturated carbocycles. The molecule has 1 unspecified atom stereocenters. The zero-order valence-corrected chi connectivity index (χ0v) is 8.82. The molecule has 1 rings (SSSR count). The Bertz CT molecular complexity index is 366. The molecule has 0 fully saturated rings. The van der Waals surface area contributed by atoms with Crippen molar-refractivity contribution < 1.29 is 4.79 Å². The highest BCUT2D eigenvalue weighted by atomic mass is 16.1. The topological polar surface area (TPSA) is 107 Å². The number of carbonyl (C=O) groups is 1. The molecule has 0 saturated heterocycles. The number of nitrogen functional groups attached to an aromatic ring is 1. The second-order valence-electron chi connectivity index (χ2n) is 3.48. The van der Waals surface area contributed by atoms with E-state index in [1.165, 1.54) is 0 Å². The number of primary amides is 1. The van der Waals surface area contributed by atoms with Crippen molar-refractivity contribution in [3.63, 3.8) is 0 Å². The lowest BCUT2D eigenvalue weighted by molar-refractivity contribution is -0.118. The molecular weight excluding hydrogens is 194 g/mol. The van der Waals surface area contributed by atoms with Crippen LogP contribution >= 0.6 is 0 Å². The summed E-state index contributed by atoms with van der Waals surface area (Å²) in [5.41, 5.74) is 11.4. The van der Waals surface area contributed by atoms with E-state index in [0.29, 0.717) is 5.82 Å². The van der Waals surface area contributed by atoms with Crippen LogP contribution in [0, 0.1) is 6.92 Å². The maximum Gasteiger partial charge on any atom is 0.221 e. The monoisotopic (exact) mass is 209 g/mol.